The molecule has 0 spiro atoms. The van der Waals surface area contributed by atoms with Crippen LogP contribution in [0.2, 0.25) is 0 Å². The number of hydrogen-bond acceptors (Lipinski definition) is 4. The van der Waals surface area contributed by atoms with Gasteiger partial charge in [-0.3, -0.25) is 4.79 Å². The molecular formula is C20H21N3O3. The van der Waals surface area contributed by atoms with Crippen molar-refractivity contribution in [3.8, 4) is 11.5 Å². The molecular weight excluding hydrogens is 330 g/mol. The SMILES string of the molecule is CCc1ccc(NC(=O)Cn2c(C)nc3cc4c(cc32)OCCO4)cc1. The summed E-state index contributed by atoms with van der Waals surface area (Å²) in [7, 11) is 0. The van der Waals surface area contributed by atoms with E-state index in [9.17, 15) is 4.79 Å². The third-order valence-electron chi connectivity index (χ3n) is 4.55. The number of nitrogens with zero attached hydrogens (tertiary/aromatic N) is 2. The van der Waals surface area contributed by atoms with Gasteiger partial charge in [0.15, 0.2) is 11.5 Å². The molecule has 2 aromatic carbocycles. The molecule has 0 saturated heterocycles. The second-order valence-electron chi connectivity index (χ2n) is 6.33. The summed E-state index contributed by atoms with van der Waals surface area (Å²) >= 11 is 0. The first-order valence-corrected chi connectivity index (χ1v) is 8.79. The average Bonchev–Trinajstić information content (AvgIpc) is 2.95. The van der Waals surface area contributed by atoms with Crippen molar-refractivity contribution in [3.05, 3.63) is 47.8 Å². The Hall–Kier alpha value is -3.02. The molecule has 134 valence electrons. The van der Waals surface area contributed by atoms with Gasteiger partial charge >= 0.3 is 0 Å². The van der Waals surface area contributed by atoms with Crippen molar-refractivity contribution in [1.82, 2.24) is 9.55 Å². The third kappa shape index (κ3) is 3.10. The van der Waals surface area contributed by atoms with Crippen LogP contribution < -0.4 is 14.8 Å². The van der Waals surface area contributed by atoms with Crippen molar-refractivity contribution in [1.29, 1.82) is 0 Å². The van der Waals surface area contributed by atoms with Crippen molar-refractivity contribution in [3.63, 3.8) is 0 Å². The number of nitrogens with one attached hydrogen (secondary N) is 1. The predicted molar refractivity (Wildman–Crippen MR) is 99.9 cm³/mol. The summed E-state index contributed by atoms with van der Waals surface area (Å²) in [5.41, 5.74) is 3.70. The summed E-state index contributed by atoms with van der Waals surface area (Å²) in [6.45, 7) is 5.26. The van der Waals surface area contributed by atoms with E-state index in [2.05, 4.69) is 17.2 Å². The van der Waals surface area contributed by atoms with Gasteiger partial charge in [-0.1, -0.05) is 19.1 Å². The van der Waals surface area contributed by atoms with Crippen LogP contribution in [-0.2, 0) is 17.8 Å². The second-order valence-corrected chi connectivity index (χ2v) is 6.33. The number of fused-ring (bicyclic) bond motifs is 2. The summed E-state index contributed by atoms with van der Waals surface area (Å²) in [6, 6.07) is 11.7. The number of aromatic nitrogens is 2. The molecule has 0 radical (unpaired) electrons. The van der Waals surface area contributed by atoms with Gasteiger partial charge in [-0.15, -0.1) is 0 Å². The number of amides is 1. The van der Waals surface area contributed by atoms with Crippen LogP contribution in [0, 0.1) is 6.92 Å². The van der Waals surface area contributed by atoms with Gasteiger partial charge in [0.05, 0.1) is 11.0 Å². The normalized spacial score (nSPS) is 13.0. The monoisotopic (exact) mass is 351 g/mol. The highest BCUT2D eigenvalue weighted by atomic mass is 16.6. The van der Waals surface area contributed by atoms with Crippen LogP contribution >= 0.6 is 0 Å². The molecule has 0 saturated carbocycles. The number of hydrogen-bond donors (Lipinski definition) is 1. The molecule has 2 heterocycles. The van der Waals surface area contributed by atoms with Crippen LogP contribution in [0.4, 0.5) is 5.69 Å². The van der Waals surface area contributed by atoms with E-state index in [1.165, 1.54) is 5.56 Å². The molecule has 26 heavy (non-hydrogen) atoms. The fourth-order valence-electron chi connectivity index (χ4n) is 3.15. The largest absolute Gasteiger partial charge is 0.486 e. The van der Waals surface area contributed by atoms with Crippen molar-refractivity contribution in [2.75, 3.05) is 18.5 Å². The number of rotatable bonds is 4. The molecule has 1 amide bonds. The standard InChI is InChI=1S/C20H21N3O3/c1-3-14-4-6-15(7-5-14)22-20(24)12-23-13(2)21-16-10-18-19(11-17(16)23)26-9-8-25-18/h4-7,10-11H,3,8-9,12H2,1-2H3,(H,22,24). The summed E-state index contributed by atoms with van der Waals surface area (Å²) in [6.07, 6.45) is 0.977. The van der Waals surface area contributed by atoms with Gasteiger partial charge in [-0.05, 0) is 31.0 Å². The second kappa shape index (κ2) is 6.71. The maximum Gasteiger partial charge on any atom is 0.244 e. The molecule has 1 aliphatic heterocycles. The molecule has 0 atom stereocenters. The lowest BCUT2D eigenvalue weighted by Gasteiger charge is -2.18. The van der Waals surface area contributed by atoms with E-state index in [1.54, 1.807) is 0 Å². The first-order valence-electron chi connectivity index (χ1n) is 8.79. The Bertz CT molecular complexity index is 961. The van der Waals surface area contributed by atoms with Crippen LogP contribution in [0.1, 0.15) is 18.3 Å². The zero-order chi connectivity index (χ0) is 18.1. The lowest BCUT2D eigenvalue weighted by molar-refractivity contribution is -0.116. The lowest BCUT2D eigenvalue weighted by atomic mass is 10.1. The van der Waals surface area contributed by atoms with Crippen molar-refractivity contribution < 1.29 is 14.3 Å². The fraction of sp³-hybridized carbons (Fsp3) is 0.300. The van der Waals surface area contributed by atoms with E-state index in [1.807, 2.05) is 47.9 Å². The minimum Gasteiger partial charge on any atom is -0.486 e. The van der Waals surface area contributed by atoms with Crippen molar-refractivity contribution in [2.24, 2.45) is 0 Å². The maximum atomic E-state index is 12.5. The Morgan fingerprint density at radius 2 is 1.85 bits per heavy atom. The Morgan fingerprint density at radius 1 is 1.15 bits per heavy atom. The Labute approximate surface area is 151 Å². The number of carbonyl (C=O) groups excluding carboxylic acids is 1. The molecule has 6 nitrogen and oxygen atoms in total. The number of ether oxygens (including phenoxy) is 2. The number of imidazole rings is 1. The summed E-state index contributed by atoms with van der Waals surface area (Å²) in [5, 5.41) is 2.94. The molecule has 3 aromatic rings. The quantitative estimate of drug-likeness (QED) is 0.783. The molecule has 4 rings (SSSR count). The minimum atomic E-state index is -0.0912. The highest BCUT2D eigenvalue weighted by Crippen LogP contribution is 2.34. The van der Waals surface area contributed by atoms with E-state index in [-0.39, 0.29) is 12.5 Å². The molecule has 0 aliphatic carbocycles. The first kappa shape index (κ1) is 16.4. The molecule has 0 unspecified atom stereocenters. The van der Waals surface area contributed by atoms with Gasteiger partial charge in [0.25, 0.3) is 0 Å². The average molecular weight is 351 g/mol. The van der Waals surface area contributed by atoms with Gasteiger partial charge in [-0.2, -0.15) is 0 Å². The first-order chi connectivity index (χ1) is 12.6. The van der Waals surface area contributed by atoms with E-state index >= 15 is 0 Å². The third-order valence-corrected chi connectivity index (χ3v) is 4.55. The predicted octanol–water partition coefficient (Wildman–Crippen LogP) is 3.32. The van der Waals surface area contributed by atoms with Crippen LogP contribution in [0.3, 0.4) is 0 Å². The fourth-order valence-corrected chi connectivity index (χ4v) is 3.15. The molecule has 6 heteroatoms. The molecule has 1 aliphatic rings. The van der Waals surface area contributed by atoms with Crippen LogP contribution in [0.25, 0.3) is 11.0 Å². The maximum absolute atomic E-state index is 12.5. The summed E-state index contributed by atoms with van der Waals surface area (Å²) in [4.78, 5) is 17.1. The Kier molecular flexibility index (Phi) is 4.24. The number of anilines is 1. The molecule has 0 fully saturated rings. The highest BCUT2D eigenvalue weighted by Gasteiger charge is 2.18. The summed E-state index contributed by atoms with van der Waals surface area (Å²) < 4.78 is 13.1. The zero-order valence-electron chi connectivity index (χ0n) is 14.9. The molecule has 1 aromatic heterocycles. The summed E-state index contributed by atoms with van der Waals surface area (Å²) in [5.74, 6) is 2.08. The van der Waals surface area contributed by atoms with E-state index in [0.29, 0.717) is 24.7 Å². The van der Waals surface area contributed by atoms with Gasteiger partial charge in [0.1, 0.15) is 25.6 Å². The lowest BCUT2D eigenvalue weighted by Crippen LogP contribution is -2.19. The van der Waals surface area contributed by atoms with Gasteiger partial charge < -0.3 is 19.4 Å². The topological polar surface area (TPSA) is 65.4 Å². The molecule has 0 bridgehead atoms. The van der Waals surface area contributed by atoms with Crippen LogP contribution in [0.15, 0.2) is 36.4 Å². The van der Waals surface area contributed by atoms with Crippen LogP contribution in [-0.4, -0.2) is 28.7 Å². The smallest absolute Gasteiger partial charge is 0.244 e. The van der Waals surface area contributed by atoms with Crippen molar-refractivity contribution >= 4 is 22.6 Å². The van der Waals surface area contributed by atoms with E-state index < -0.39 is 0 Å². The number of benzene rings is 2. The van der Waals surface area contributed by atoms with Crippen molar-refractivity contribution in [2.45, 2.75) is 26.8 Å². The minimum absolute atomic E-state index is 0.0912. The Balaban J connectivity index is 1.57. The number of aryl methyl sites for hydroxylation is 2. The van der Waals surface area contributed by atoms with E-state index in [0.717, 1.165) is 29.0 Å². The van der Waals surface area contributed by atoms with Gasteiger partial charge in [-0.25, -0.2) is 4.98 Å². The van der Waals surface area contributed by atoms with E-state index in [4.69, 9.17) is 9.47 Å². The number of carbonyl (C=O) groups is 1. The van der Waals surface area contributed by atoms with Gasteiger partial charge in [0.2, 0.25) is 5.91 Å². The molecule has 1 N–H and O–H groups in total. The highest BCUT2D eigenvalue weighted by molar-refractivity contribution is 5.92. The van der Waals surface area contributed by atoms with Gasteiger partial charge in [0, 0.05) is 17.8 Å². The Morgan fingerprint density at radius 3 is 2.54 bits per heavy atom. The zero-order valence-corrected chi connectivity index (χ0v) is 14.9. The van der Waals surface area contributed by atoms with Crippen LogP contribution in [0.5, 0.6) is 11.5 Å².